The van der Waals surface area contributed by atoms with Gasteiger partial charge < -0.3 is 4.90 Å². The molecule has 1 aliphatic rings. The maximum absolute atomic E-state index is 11.7. The molecule has 0 aromatic carbocycles. The number of carbonyl (C=O) groups excluding carboxylic acids is 1. The van der Waals surface area contributed by atoms with Gasteiger partial charge in [-0.2, -0.15) is 0 Å². The lowest BCUT2D eigenvalue weighted by atomic mass is 9.68. The van der Waals surface area contributed by atoms with Crippen molar-refractivity contribution < 1.29 is 13.2 Å². The average molecular weight is 247 g/mol. The smallest absolute Gasteiger partial charge is 0.223 e. The van der Waals surface area contributed by atoms with Crippen LogP contribution in [0.15, 0.2) is 0 Å². The van der Waals surface area contributed by atoms with Crippen LogP contribution in [0.2, 0.25) is 0 Å². The number of hydrogen-bond donors (Lipinski definition) is 0. The Morgan fingerprint density at radius 1 is 1.38 bits per heavy atom. The highest BCUT2D eigenvalue weighted by molar-refractivity contribution is 7.90. The topological polar surface area (TPSA) is 54.5 Å². The Bertz CT molecular complexity index is 365. The van der Waals surface area contributed by atoms with E-state index in [4.69, 9.17) is 0 Å². The molecule has 0 saturated heterocycles. The van der Waals surface area contributed by atoms with Crippen molar-refractivity contribution in [3.63, 3.8) is 0 Å². The maximum atomic E-state index is 11.7. The average Bonchev–Trinajstić information content (AvgIpc) is 2.07. The number of sulfone groups is 1. The van der Waals surface area contributed by atoms with Gasteiger partial charge in [-0.1, -0.05) is 13.8 Å². The van der Waals surface area contributed by atoms with E-state index in [0.29, 0.717) is 11.5 Å². The van der Waals surface area contributed by atoms with Crippen LogP contribution in [0.3, 0.4) is 0 Å². The molecule has 94 valence electrons. The first-order valence-electron chi connectivity index (χ1n) is 5.54. The summed E-state index contributed by atoms with van der Waals surface area (Å²) in [6.45, 7) is 4.36. The van der Waals surface area contributed by atoms with Gasteiger partial charge in [0.15, 0.2) is 0 Å². The van der Waals surface area contributed by atoms with Crippen LogP contribution in [0, 0.1) is 5.41 Å². The summed E-state index contributed by atoms with van der Waals surface area (Å²) < 4.78 is 21.9. The molecule has 0 heterocycles. The van der Waals surface area contributed by atoms with Crippen LogP contribution in [0.5, 0.6) is 0 Å². The van der Waals surface area contributed by atoms with Crippen molar-refractivity contribution in [3.8, 4) is 0 Å². The molecule has 1 rings (SSSR count). The highest BCUT2D eigenvalue weighted by Crippen LogP contribution is 2.42. The lowest BCUT2D eigenvalue weighted by Gasteiger charge is -2.47. The summed E-state index contributed by atoms with van der Waals surface area (Å²) in [4.78, 5) is 13.4. The third kappa shape index (κ3) is 3.77. The highest BCUT2D eigenvalue weighted by atomic mass is 32.2. The van der Waals surface area contributed by atoms with E-state index >= 15 is 0 Å². The molecule has 0 aromatic heterocycles. The monoisotopic (exact) mass is 247 g/mol. The molecule has 1 amide bonds. The number of carbonyl (C=O) groups is 1. The van der Waals surface area contributed by atoms with E-state index in [1.54, 1.807) is 11.9 Å². The summed E-state index contributed by atoms with van der Waals surface area (Å²) in [5, 5.41) is 0. The standard InChI is InChI=1S/C11H21NO3S/c1-11(2)7-9(8-11)12(3)10(13)5-6-16(4,14)15/h9H,5-8H2,1-4H3. The predicted molar refractivity (Wildman–Crippen MR) is 63.9 cm³/mol. The minimum atomic E-state index is -3.04. The van der Waals surface area contributed by atoms with Gasteiger partial charge in [0, 0.05) is 25.8 Å². The molecular formula is C11H21NO3S. The predicted octanol–water partition coefficient (Wildman–Crippen LogP) is 1.07. The molecular weight excluding hydrogens is 226 g/mol. The van der Waals surface area contributed by atoms with Gasteiger partial charge in [-0.3, -0.25) is 4.79 Å². The summed E-state index contributed by atoms with van der Waals surface area (Å²) >= 11 is 0. The van der Waals surface area contributed by atoms with Gasteiger partial charge in [-0.05, 0) is 18.3 Å². The summed E-state index contributed by atoms with van der Waals surface area (Å²) in [7, 11) is -1.27. The van der Waals surface area contributed by atoms with Gasteiger partial charge in [-0.25, -0.2) is 8.42 Å². The van der Waals surface area contributed by atoms with Gasteiger partial charge in [0.2, 0.25) is 5.91 Å². The fraction of sp³-hybridized carbons (Fsp3) is 0.909. The SMILES string of the molecule is CN(C(=O)CCS(C)(=O)=O)C1CC(C)(C)C1. The fourth-order valence-electron chi connectivity index (χ4n) is 2.14. The second kappa shape index (κ2) is 4.35. The summed E-state index contributed by atoms with van der Waals surface area (Å²) in [6.07, 6.45) is 3.28. The lowest BCUT2D eigenvalue weighted by molar-refractivity contribution is -0.135. The van der Waals surface area contributed by atoms with Crippen LogP contribution in [0.4, 0.5) is 0 Å². The quantitative estimate of drug-likeness (QED) is 0.746. The Labute approximate surface area is 97.9 Å². The molecule has 0 N–H and O–H groups in total. The summed E-state index contributed by atoms with van der Waals surface area (Å²) in [5.74, 6) is -0.113. The summed E-state index contributed by atoms with van der Waals surface area (Å²) in [6, 6.07) is 0.294. The molecule has 0 bridgehead atoms. The van der Waals surface area contributed by atoms with E-state index in [0.717, 1.165) is 19.1 Å². The Balaban J connectivity index is 2.38. The number of nitrogens with zero attached hydrogens (tertiary/aromatic N) is 1. The normalized spacial score (nSPS) is 20.2. The van der Waals surface area contributed by atoms with Crippen LogP contribution in [-0.2, 0) is 14.6 Å². The van der Waals surface area contributed by atoms with Crippen LogP contribution in [0.1, 0.15) is 33.1 Å². The third-order valence-corrected chi connectivity index (χ3v) is 4.15. The molecule has 1 saturated carbocycles. The number of amides is 1. The molecule has 16 heavy (non-hydrogen) atoms. The Morgan fingerprint density at radius 3 is 2.25 bits per heavy atom. The molecule has 5 heteroatoms. The highest BCUT2D eigenvalue weighted by Gasteiger charge is 2.39. The van der Waals surface area contributed by atoms with E-state index in [1.807, 2.05) is 0 Å². The van der Waals surface area contributed by atoms with Gasteiger partial charge in [-0.15, -0.1) is 0 Å². The maximum Gasteiger partial charge on any atom is 0.223 e. The first-order chi connectivity index (χ1) is 7.11. The third-order valence-electron chi connectivity index (χ3n) is 3.20. The molecule has 0 aliphatic heterocycles. The minimum absolute atomic E-state index is 0.0493. The second-order valence-electron chi connectivity index (χ2n) is 5.61. The Hall–Kier alpha value is -0.580. The van der Waals surface area contributed by atoms with E-state index < -0.39 is 9.84 Å². The van der Waals surface area contributed by atoms with Crippen LogP contribution >= 0.6 is 0 Å². The van der Waals surface area contributed by atoms with E-state index in [9.17, 15) is 13.2 Å². The molecule has 0 unspecified atom stereocenters. The van der Waals surface area contributed by atoms with Crippen LogP contribution in [0.25, 0.3) is 0 Å². The molecule has 0 aromatic rings. The van der Waals surface area contributed by atoms with Gasteiger partial charge >= 0.3 is 0 Å². The van der Waals surface area contributed by atoms with Crippen molar-refractivity contribution in [3.05, 3.63) is 0 Å². The molecule has 0 spiro atoms. The van der Waals surface area contributed by atoms with E-state index in [2.05, 4.69) is 13.8 Å². The van der Waals surface area contributed by atoms with E-state index in [-0.39, 0.29) is 18.1 Å². The Kier molecular flexibility index (Phi) is 3.67. The van der Waals surface area contributed by atoms with Crippen molar-refractivity contribution in [2.24, 2.45) is 5.41 Å². The van der Waals surface area contributed by atoms with Crippen LogP contribution in [-0.4, -0.2) is 44.3 Å². The van der Waals surface area contributed by atoms with Gasteiger partial charge in [0.05, 0.1) is 5.75 Å². The number of hydrogen-bond acceptors (Lipinski definition) is 3. The largest absolute Gasteiger partial charge is 0.343 e. The summed E-state index contributed by atoms with van der Waals surface area (Å²) in [5.41, 5.74) is 0.329. The van der Waals surface area contributed by atoms with Crippen molar-refractivity contribution >= 4 is 15.7 Å². The fourth-order valence-corrected chi connectivity index (χ4v) is 2.69. The van der Waals surface area contributed by atoms with Gasteiger partial charge in [0.1, 0.15) is 9.84 Å². The zero-order valence-electron chi connectivity index (χ0n) is 10.5. The van der Waals surface area contributed by atoms with Crippen molar-refractivity contribution in [1.29, 1.82) is 0 Å². The minimum Gasteiger partial charge on any atom is -0.343 e. The lowest BCUT2D eigenvalue weighted by Crippen LogP contribution is -2.49. The first kappa shape index (κ1) is 13.5. The van der Waals surface area contributed by atoms with Crippen molar-refractivity contribution in [2.45, 2.75) is 39.2 Å². The molecule has 4 nitrogen and oxygen atoms in total. The zero-order valence-corrected chi connectivity index (χ0v) is 11.3. The van der Waals surface area contributed by atoms with Crippen molar-refractivity contribution in [1.82, 2.24) is 4.90 Å². The second-order valence-corrected chi connectivity index (χ2v) is 7.87. The molecule has 1 fully saturated rings. The molecule has 0 radical (unpaired) electrons. The number of rotatable bonds is 4. The Morgan fingerprint density at radius 2 is 1.88 bits per heavy atom. The van der Waals surface area contributed by atoms with E-state index in [1.165, 1.54) is 0 Å². The molecule has 1 aliphatic carbocycles. The van der Waals surface area contributed by atoms with Gasteiger partial charge in [0.25, 0.3) is 0 Å². The first-order valence-corrected chi connectivity index (χ1v) is 7.60. The molecule has 0 atom stereocenters. The zero-order chi connectivity index (χ0) is 12.6. The van der Waals surface area contributed by atoms with Crippen LogP contribution < -0.4 is 0 Å². The van der Waals surface area contributed by atoms with Crippen molar-refractivity contribution in [2.75, 3.05) is 19.1 Å².